The molecule has 0 heterocycles. The van der Waals surface area contributed by atoms with Gasteiger partial charge in [0.15, 0.2) is 0 Å². The van der Waals surface area contributed by atoms with Crippen LogP contribution in [0.4, 0.5) is 0 Å². The Morgan fingerprint density at radius 2 is 1.81 bits per heavy atom. The molecular formula is C15H28O. The van der Waals surface area contributed by atoms with Crippen LogP contribution in [0.15, 0.2) is 0 Å². The second kappa shape index (κ2) is 4.01. The molecule has 2 aliphatic rings. The number of hydrogen-bond donors (Lipinski definition) is 1. The Morgan fingerprint density at radius 3 is 2.44 bits per heavy atom. The van der Waals surface area contributed by atoms with E-state index < -0.39 is 5.60 Å². The topological polar surface area (TPSA) is 20.2 Å². The Balaban J connectivity index is 2.18. The molecule has 0 saturated heterocycles. The van der Waals surface area contributed by atoms with E-state index in [2.05, 4.69) is 27.7 Å². The van der Waals surface area contributed by atoms with Crippen LogP contribution in [0.2, 0.25) is 0 Å². The predicted molar refractivity (Wildman–Crippen MR) is 68.3 cm³/mol. The lowest BCUT2D eigenvalue weighted by Crippen LogP contribution is -2.51. The summed E-state index contributed by atoms with van der Waals surface area (Å²) >= 11 is 0. The van der Waals surface area contributed by atoms with Gasteiger partial charge in [0.1, 0.15) is 0 Å². The molecule has 16 heavy (non-hydrogen) atoms. The standard InChI is InChI=1S/C15H28O/c1-11(2)12-6-9-14(3)7-5-8-15(4,16)13(14)10-12/h11-13,16H,5-10H2,1-4H3/t12?,13?,14?,15-/m0/s1. The Morgan fingerprint density at radius 1 is 1.12 bits per heavy atom. The van der Waals surface area contributed by atoms with Gasteiger partial charge in [-0.2, -0.15) is 0 Å². The molecule has 0 aromatic rings. The first-order valence-corrected chi connectivity index (χ1v) is 7.07. The van der Waals surface area contributed by atoms with Gasteiger partial charge in [0.2, 0.25) is 0 Å². The van der Waals surface area contributed by atoms with E-state index in [1.54, 1.807) is 0 Å². The average Bonchev–Trinajstić information content (AvgIpc) is 2.15. The molecule has 94 valence electrons. The summed E-state index contributed by atoms with van der Waals surface area (Å²) in [7, 11) is 0. The SMILES string of the molecule is CC(C)C1CCC2(C)CCC[C@](C)(O)C2C1. The minimum absolute atomic E-state index is 0.402. The third-order valence-corrected chi connectivity index (χ3v) is 5.59. The van der Waals surface area contributed by atoms with Crippen molar-refractivity contribution >= 4 is 0 Å². The Labute approximate surface area is 101 Å². The lowest BCUT2D eigenvalue weighted by atomic mass is 9.53. The number of hydrogen-bond acceptors (Lipinski definition) is 1. The fraction of sp³-hybridized carbons (Fsp3) is 1.00. The highest BCUT2D eigenvalue weighted by Gasteiger charge is 2.50. The van der Waals surface area contributed by atoms with E-state index in [0.717, 1.165) is 18.3 Å². The van der Waals surface area contributed by atoms with Crippen LogP contribution in [0, 0.1) is 23.2 Å². The second-order valence-electron chi connectivity index (χ2n) is 7.20. The highest BCUT2D eigenvalue weighted by Crippen LogP contribution is 2.56. The first kappa shape index (κ1) is 12.4. The molecule has 4 atom stereocenters. The predicted octanol–water partition coefficient (Wildman–Crippen LogP) is 4.00. The van der Waals surface area contributed by atoms with Gasteiger partial charge in [-0.05, 0) is 62.2 Å². The van der Waals surface area contributed by atoms with Gasteiger partial charge in [-0.1, -0.05) is 27.2 Å². The van der Waals surface area contributed by atoms with Crippen molar-refractivity contribution in [1.29, 1.82) is 0 Å². The lowest BCUT2D eigenvalue weighted by Gasteiger charge is -2.54. The molecule has 1 nitrogen and oxygen atoms in total. The molecule has 2 aliphatic carbocycles. The maximum absolute atomic E-state index is 10.6. The maximum atomic E-state index is 10.6. The van der Waals surface area contributed by atoms with Crippen molar-refractivity contribution in [3.63, 3.8) is 0 Å². The van der Waals surface area contributed by atoms with E-state index in [-0.39, 0.29) is 0 Å². The lowest BCUT2D eigenvalue weighted by molar-refractivity contribution is -0.126. The zero-order chi connectivity index (χ0) is 12.0. The molecule has 0 radical (unpaired) electrons. The van der Waals surface area contributed by atoms with Crippen molar-refractivity contribution in [1.82, 2.24) is 0 Å². The summed E-state index contributed by atoms with van der Waals surface area (Å²) < 4.78 is 0. The quantitative estimate of drug-likeness (QED) is 0.714. The molecule has 0 bridgehead atoms. The zero-order valence-corrected chi connectivity index (χ0v) is 11.4. The van der Waals surface area contributed by atoms with Crippen molar-refractivity contribution in [2.24, 2.45) is 23.2 Å². The molecule has 2 rings (SSSR count). The van der Waals surface area contributed by atoms with Gasteiger partial charge in [0, 0.05) is 0 Å². The van der Waals surface area contributed by atoms with Gasteiger partial charge in [-0.15, -0.1) is 0 Å². The summed E-state index contributed by atoms with van der Waals surface area (Å²) in [6.45, 7) is 9.18. The highest BCUT2D eigenvalue weighted by atomic mass is 16.3. The molecule has 0 aromatic heterocycles. The fourth-order valence-electron chi connectivity index (χ4n) is 4.33. The van der Waals surface area contributed by atoms with Crippen molar-refractivity contribution in [2.75, 3.05) is 0 Å². The van der Waals surface area contributed by atoms with Gasteiger partial charge in [0.25, 0.3) is 0 Å². The summed E-state index contributed by atoms with van der Waals surface area (Å²) in [6, 6.07) is 0. The summed E-state index contributed by atoms with van der Waals surface area (Å²) in [4.78, 5) is 0. The zero-order valence-electron chi connectivity index (χ0n) is 11.4. The van der Waals surface area contributed by atoms with Crippen LogP contribution in [-0.4, -0.2) is 10.7 Å². The van der Waals surface area contributed by atoms with E-state index in [1.165, 1.54) is 32.1 Å². The van der Waals surface area contributed by atoms with Gasteiger partial charge in [0.05, 0.1) is 5.60 Å². The Kier molecular flexibility index (Phi) is 3.11. The van der Waals surface area contributed by atoms with Gasteiger partial charge < -0.3 is 5.11 Å². The number of fused-ring (bicyclic) bond motifs is 1. The molecule has 2 saturated carbocycles. The molecule has 0 aliphatic heterocycles. The van der Waals surface area contributed by atoms with Gasteiger partial charge in [-0.25, -0.2) is 0 Å². The molecule has 3 unspecified atom stereocenters. The molecule has 1 heteroatoms. The minimum atomic E-state index is -0.402. The molecule has 1 N–H and O–H groups in total. The van der Waals surface area contributed by atoms with Crippen LogP contribution in [0.5, 0.6) is 0 Å². The van der Waals surface area contributed by atoms with E-state index >= 15 is 0 Å². The number of rotatable bonds is 1. The monoisotopic (exact) mass is 224 g/mol. The Bertz CT molecular complexity index is 256. The minimum Gasteiger partial charge on any atom is -0.390 e. The number of aliphatic hydroxyl groups is 1. The van der Waals surface area contributed by atoms with Crippen LogP contribution >= 0.6 is 0 Å². The third kappa shape index (κ3) is 2.03. The maximum Gasteiger partial charge on any atom is 0.0653 e. The van der Waals surface area contributed by atoms with Crippen LogP contribution in [0.25, 0.3) is 0 Å². The third-order valence-electron chi connectivity index (χ3n) is 5.59. The fourth-order valence-corrected chi connectivity index (χ4v) is 4.33. The summed E-state index contributed by atoms with van der Waals surface area (Å²) in [6.07, 6.45) is 7.52. The second-order valence-corrected chi connectivity index (χ2v) is 7.20. The first-order chi connectivity index (χ1) is 7.35. The average molecular weight is 224 g/mol. The molecule has 0 spiro atoms. The summed E-state index contributed by atoms with van der Waals surface area (Å²) in [5.41, 5.74) is 0.0215. The smallest absolute Gasteiger partial charge is 0.0653 e. The van der Waals surface area contributed by atoms with Crippen molar-refractivity contribution in [3.8, 4) is 0 Å². The van der Waals surface area contributed by atoms with E-state index in [0.29, 0.717) is 11.3 Å². The van der Waals surface area contributed by atoms with Crippen molar-refractivity contribution in [3.05, 3.63) is 0 Å². The van der Waals surface area contributed by atoms with Crippen LogP contribution in [0.3, 0.4) is 0 Å². The van der Waals surface area contributed by atoms with Crippen LogP contribution in [-0.2, 0) is 0 Å². The normalized spacial score (nSPS) is 49.1. The Hall–Kier alpha value is -0.0400. The molecule has 0 aromatic carbocycles. The highest BCUT2D eigenvalue weighted by molar-refractivity contribution is 5.01. The van der Waals surface area contributed by atoms with Crippen molar-refractivity contribution < 1.29 is 5.11 Å². The molecule has 0 amide bonds. The van der Waals surface area contributed by atoms with Gasteiger partial charge in [-0.3, -0.25) is 0 Å². The van der Waals surface area contributed by atoms with Crippen molar-refractivity contribution in [2.45, 2.75) is 71.8 Å². The van der Waals surface area contributed by atoms with Gasteiger partial charge >= 0.3 is 0 Å². The largest absolute Gasteiger partial charge is 0.390 e. The van der Waals surface area contributed by atoms with Crippen LogP contribution < -0.4 is 0 Å². The van der Waals surface area contributed by atoms with E-state index in [1.807, 2.05) is 0 Å². The molecule has 2 fully saturated rings. The summed E-state index contributed by atoms with van der Waals surface area (Å²) in [5.74, 6) is 2.15. The molecular weight excluding hydrogens is 196 g/mol. The van der Waals surface area contributed by atoms with Crippen LogP contribution in [0.1, 0.15) is 66.2 Å². The first-order valence-electron chi connectivity index (χ1n) is 7.07. The summed E-state index contributed by atoms with van der Waals surface area (Å²) in [5, 5.41) is 10.6. The van der Waals surface area contributed by atoms with E-state index in [4.69, 9.17) is 0 Å². The van der Waals surface area contributed by atoms with E-state index in [9.17, 15) is 5.11 Å².